The third-order valence-electron chi connectivity index (χ3n) is 5.66. The van der Waals surface area contributed by atoms with E-state index in [9.17, 15) is 24.0 Å². The Balaban J connectivity index is 1.50. The second-order valence-electron chi connectivity index (χ2n) is 9.82. The summed E-state index contributed by atoms with van der Waals surface area (Å²) in [7, 11) is 0. The molecule has 2 N–H and O–H groups in total. The number of carbonyl (C=O) groups is 5. The molecule has 0 bridgehead atoms. The van der Waals surface area contributed by atoms with Crippen molar-refractivity contribution in [2.75, 3.05) is 19.6 Å². The van der Waals surface area contributed by atoms with Gasteiger partial charge in [-0.1, -0.05) is 0 Å². The number of carbonyl (C=O) groups excluding carboxylic acids is 5. The molecule has 10 nitrogen and oxygen atoms in total. The van der Waals surface area contributed by atoms with Crippen molar-refractivity contribution in [2.45, 2.75) is 65.1 Å². The van der Waals surface area contributed by atoms with Crippen LogP contribution >= 0.6 is 0 Å². The third kappa shape index (κ3) is 5.73. The topological polar surface area (TPSA) is 125 Å². The number of fused-ring (bicyclic) bond motifs is 1. The largest absolute Gasteiger partial charge is 0.444 e. The Kier molecular flexibility index (Phi) is 7.28. The van der Waals surface area contributed by atoms with Crippen LogP contribution in [0, 0.1) is 0 Å². The summed E-state index contributed by atoms with van der Waals surface area (Å²) >= 11 is 0. The number of nitrogens with zero attached hydrogens (tertiary/aromatic N) is 2. The van der Waals surface area contributed by atoms with Crippen LogP contribution in [0.25, 0.3) is 0 Å². The summed E-state index contributed by atoms with van der Waals surface area (Å²) in [6, 6.07) is 4.13. The van der Waals surface area contributed by atoms with Crippen LogP contribution in [0.2, 0.25) is 0 Å². The quantitative estimate of drug-likeness (QED) is 0.631. The van der Waals surface area contributed by atoms with Gasteiger partial charge in [-0.15, -0.1) is 0 Å². The molecular weight excluding hydrogens is 440 g/mol. The molecular formula is C24H32N4O6. The fourth-order valence-electron chi connectivity index (χ4n) is 3.99. The molecule has 0 radical (unpaired) electrons. The zero-order valence-electron chi connectivity index (χ0n) is 20.3. The molecule has 2 heterocycles. The molecule has 0 aromatic heterocycles. The molecule has 1 aromatic carbocycles. The van der Waals surface area contributed by atoms with E-state index in [4.69, 9.17) is 4.74 Å². The summed E-state index contributed by atoms with van der Waals surface area (Å²) in [6.45, 7) is 9.50. The van der Waals surface area contributed by atoms with Crippen molar-refractivity contribution in [2.24, 2.45) is 0 Å². The molecule has 0 aliphatic carbocycles. The van der Waals surface area contributed by atoms with Crippen molar-refractivity contribution in [3.05, 3.63) is 34.9 Å². The van der Waals surface area contributed by atoms with E-state index in [-0.39, 0.29) is 41.9 Å². The van der Waals surface area contributed by atoms with Crippen molar-refractivity contribution in [3.63, 3.8) is 0 Å². The number of hydrogen-bond donors (Lipinski definition) is 2. The van der Waals surface area contributed by atoms with Gasteiger partial charge < -0.3 is 20.3 Å². The van der Waals surface area contributed by atoms with Gasteiger partial charge in [-0.25, -0.2) is 4.79 Å². The number of likely N-dealkylation sites (tertiary alicyclic amines) is 1. The van der Waals surface area contributed by atoms with Gasteiger partial charge in [0.15, 0.2) is 0 Å². The summed E-state index contributed by atoms with van der Waals surface area (Å²) in [5.74, 6) is -1.29. The van der Waals surface area contributed by atoms with Crippen molar-refractivity contribution < 1.29 is 28.7 Å². The van der Waals surface area contributed by atoms with E-state index in [0.29, 0.717) is 37.1 Å². The Morgan fingerprint density at radius 1 is 1.06 bits per heavy atom. The SMILES string of the molecule is CC(C)N1C(=O)c2ccc(C(=O)NC3CCN(C(=O)CNC(=O)OC(C)(C)C)CC3)cc2C1=O. The lowest BCUT2D eigenvalue weighted by Gasteiger charge is -2.32. The van der Waals surface area contributed by atoms with Crippen LogP contribution in [-0.4, -0.2) is 76.8 Å². The minimum Gasteiger partial charge on any atom is -0.444 e. The normalized spacial score (nSPS) is 16.5. The van der Waals surface area contributed by atoms with Gasteiger partial charge in [-0.2, -0.15) is 0 Å². The van der Waals surface area contributed by atoms with Gasteiger partial charge in [0.2, 0.25) is 5.91 Å². The van der Waals surface area contributed by atoms with Gasteiger partial charge in [-0.3, -0.25) is 24.1 Å². The number of piperidine rings is 1. The maximum atomic E-state index is 12.8. The molecule has 34 heavy (non-hydrogen) atoms. The first-order valence-corrected chi connectivity index (χ1v) is 11.4. The summed E-state index contributed by atoms with van der Waals surface area (Å²) in [5.41, 5.74) is 0.218. The average Bonchev–Trinajstić information content (AvgIpc) is 3.01. The molecule has 10 heteroatoms. The van der Waals surface area contributed by atoms with Gasteiger partial charge in [0.25, 0.3) is 17.7 Å². The number of nitrogens with one attached hydrogen (secondary N) is 2. The first-order valence-electron chi connectivity index (χ1n) is 11.4. The van der Waals surface area contributed by atoms with Gasteiger partial charge in [-0.05, 0) is 65.7 Å². The molecule has 2 aliphatic heterocycles. The molecule has 2 aliphatic rings. The van der Waals surface area contributed by atoms with Crippen LogP contribution in [0.3, 0.4) is 0 Å². The number of imide groups is 1. The van der Waals surface area contributed by atoms with Crippen molar-refractivity contribution >= 4 is 29.7 Å². The standard InChI is InChI=1S/C24H32N4O6/c1-14(2)28-21(31)17-7-6-15(12-18(17)22(28)32)20(30)26-16-8-10-27(11-9-16)19(29)13-25-23(33)34-24(3,4)5/h6-7,12,14,16H,8-11,13H2,1-5H3,(H,25,33)(H,26,30). The fraction of sp³-hybridized carbons (Fsp3) is 0.542. The second kappa shape index (κ2) is 9.82. The smallest absolute Gasteiger partial charge is 0.408 e. The van der Waals surface area contributed by atoms with E-state index in [1.165, 1.54) is 17.0 Å². The number of hydrogen-bond acceptors (Lipinski definition) is 6. The lowest BCUT2D eigenvalue weighted by molar-refractivity contribution is -0.131. The number of amides is 5. The van der Waals surface area contributed by atoms with E-state index >= 15 is 0 Å². The Morgan fingerprint density at radius 2 is 1.68 bits per heavy atom. The van der Waals surface area contributed by atoms with Crippen molar-refractivity contribution in [1.82, 2.24) is 20.4 Å². The second-order valence-corrected chi connectivity index (χ2v) is 9.82. The van der Waals surface area contributed by atoms with Crippen LogP contribution in [0.5, 0.6) is 0 Å². The predicted molar refractivity (Wildman–Crippen MR) is 123 cm³/mol. The number of benzene rings is 1. The van der Waals surface area contributed by atoms with Crippen molar-refractivity contribution in [1.29, 1.82) is 0 Å². The molecule has 0 atom stereocenters. The van der Waals surface area contributed by atoms with Crippen molar-refractivity contribution in [3.8, 4) is 0 Å². The Labute approximate surface area is 199 Å². The Morgan fingerprint density at radius 3 is 2.26 bits per heavy atom. The zero-order chi connectivity index (χ0) is 25.2. The Hall–Kier alpha value is -3.43. The molecule has 0 saturated carbocycles. The zero-order valence-corrected chi connectivity index (χ0v) is 20.3. The molecule has 1 fully saturated rings. The fourth-order valence-corrected chi connectivity index (χ4v) is 3.99. The molecule has 1 aromatic rings. The highest BCUT2D eigenvalue weighted by Crippen LogP contribution is 2.26. The van der Waals surface area contributed by atoms with Gasteiger partial charge in [0.05, 0.1) is 11.1 Å². The molecule has 3 rings (SSSR count). The van der Waals surface area contributed by atoms with Gasteiger partial charge >= 0.3 is 6.09 Å². The van der Waals surface area contributed by atoms with Crippen LogP contribution in [0.1, 0.15) is 78.5 Å². The summed E-state index contributed by atoms with van der Waals surface area (Å²) < 4.78 is 5.13. The minimum absolute atomic E-state index is 0.131. The van der Waals surface area contributed by atoms with E-state index < -0.39 is 17.6 Å². The Bertz CT molecular complexity index is 1010. The first-order chi connectivity index (χ1) is 15.9. The van der Waals surface area contributed by atoms with Crippen LogP contribution in [0.4, 0.5) is 4.79 Å². The predicted octanol–water partition coefficient (Wildman–Crippen LogP) is 1.94. The first kappa shape index (κ1) is 25.2. The van der Waals surface area contributed by atoms with Crippen LogP contribution in [0.15, 0.2) is 18.2 Å². The van der Waals surface area contributed by atoms with E-state index in [1.54, 1.807) is 45.6 Å². The van der Waals surface area contributed by atoms with E-state index in [1.807, 2.05) is 0 Å². The highest BCUT2D eigenvalue weighted by Gasteiger charge is 2.37. The van der Waals surface area contributed by atoms with E-state index in [2.05, 4.69) is 10.6 Å². The molecule has 1 saturated heterocycles. The van der Waals surface area contributed by atoms with Gasteiger partial charge in [0.1, 0.15) is 12.1 Å². The molecule has 184 valence electrons. The molecule has 0 unspecified atom stereocenters. The maximum Gasteiger partial charge on any atom is 0.408 e. The monoisotopic (exact) mass is 472 g/mol. The maximum absolute atomic E-state index is 12.8. The van der Waals surface area contributed by atoms with Crippen LogP contribution in [-0.2, 0) is 9.53 Å². The minimum atomic E-state index is -0.644. The highest BCUT2D eigenvalue weighted by molar-refractivity contribution is 6.22. The third-order valence-corrected chi connectivity index (χ3v) is 5.66. The molecule has 5 amide bonds. The van der Waals surface area contributed by atoms with E-state index in [0.717, 1.165) is 0 Å². The van der Waals surface area contributed by atoms with Gasteiger partial charge in [0, 0.05) is 30.7 Å². The average molecular weight is 473 g/mol. The molecule has 0 spiro atoms. The summed E-state index contributed by atoms with van der Waals surface area (Å²) in [6.07, 6.45) is 0.481. The van der Waals surface area contributed by atoms with Crippen LogP contribution < -0.4 is 10.6 Å². The highest BCUT2D eigenvalue weighted by atomic mass is 16.6. The number of rotatable bonds is 5. The number of alkyl carbamates (subject to hydrolysis) is 1. The lowest BCUT2D eigenvalue weighted by atomic mass is 10.0. The lowest BCUT2D eigenvalue weighted by Crippen LogP contribution is -2.49. The number of ether oxygens (including phenoxy) is 1. The summed E-state index contributed by atoms with van der Waals surface area (Å²) in [4.78, 5) is 64.7. The summed E-state index contributed by atoms with van der Waals surface area (Å²) in [5, 5.41) is 5.41.